The summed E-state index contributed by atoms with van der Waals surface area (Å²) in [5.74, 6) is -0.960. The molecular formula is C14H16N2O3. The first-order valence-electron chi connectivity index (χ1n) is 6.16. The predicted octanol–water partition coefficient (Wildman–Crippen LogP) is 0.801. The minimum atomic E-state index is -0.579. The Morgan fingerprint density at radius 2 is 2.05 bits per heavy atom. The SMILES string of the molecule is CC(=O)C(=O)NCc1ccc2c(c1)CCC(=O)N2C. The average molecular weight is 260 g/mol. The van der Waals surface area contributed by atoms with Crippen molar-refractivity contribution < 1.29 is 14.4 Å². The Morgan fingerprint density at radius 3 is 2.74 bits per heavy atom. The fourth-order valence-electron chi connectivity index (χ4n) is 2.13. The largest absolute Gasteiger partial charge is 0.345 e. The summed E-state index contributed by atoms with van der Waals surface area (Å²) in [6.45, 7) is 1.56. The van der Waals surface area contributed by atoms with Crippen molar-refractivity contribution in [2.24, 2.45) is 0 Å². The summed E-state index contributed by atoms with van der Waals surface area (Å²) in [5.41, 5.74) is 2.94. The van der Waals surface area contributed by atoms with E-state index in [0.29, 0.717) is 19.4 Å². The van der Waals surface area contributed by atoms with Crippen LogP contribution in [-0.2, 0) is 27.3 Å². The first-order valence-corrected chi connectivity index (χ1v) is 6.16. The fourth-order valence-corrected chi connectivity index (χ4v) is 2.13. The van der Waals surface area contributed by atoms with Gasteiger partial charge in [0, 0.05) is 32.6 Å². The van der Waals surface area contributed by atoms with E-state index in [1.807, 2.05) is 18.2 Å². The van der Waals surface area contributed by atoms with Crippen molar-refractivity contribution in [3.05, 3.63) is 29.3 Å². The van der Waals surface area contributed by atoms with Gasteiger partial charge in [0.05, 0.1) is 0 Å². The molecule has 100 valence electrons. The number of carbonyl (C=O) groups is 3. The highest BCUT2D eigenvalue weighted by Crippen LogP contribution is 2.27. The van der Waals surface area contributed by atoms with Gasteiger partial charge in [-0.15, -0.1) is 0 Å². The highest BCUT2D eigenvalue weighted by atomic mass is 16.2. The lowest BCUT2D eigenvalue weighted by atomic mass is 9.99. The topological polar surface area (TPSA) is 66.5 Å². The van der Waals surface area contributed by atoms with Crippen LogP contribution in [0, 0.1) is 0 Å². The van der Waals surface area contributed by atoms with E-state index >= 15 is 0 Å². The van der Waals surface area contributed by atoms with Gasteiger partial charge < -0.3 is 10.2 Å². The van der Waals surface area contributed by atoms with Gasteiger partial charge in [0.25, 0.3) is 5.91 Å². The van der Waals surface area contributed by atoms with E-state index in [0.717, 1.165) is 16.8 Å². The fraction of sp³-hybridized carbons (Fsp3) is 0.357. The van der Waals surface area contributed by atoms with Gasteiger partial charge in [0.15, 0.2) is 0 Å². The number of nitrogens with zero attached hydrogens (tertiary/aromatic N) is 1. The molecule has 2 rings (SSSR count). The van der Waals surface area contributed by atoms with Gasteiger partial charge >= 0.3 is 0 Å². The molecule has 1 aliphatic heterocycles. The molecule has 0 fully saturated rings. The number of hydrogen-bond donors (Lipinski definition) is 1. The van der Waals surface area contributed by atoms with Gasteiger partial charge in [-0.1, -0.05) is 12.1 Å². The molecule has 1 aliphatic rings. The molecule has 19 heavy (non-hydrogen) atoms. The standard InChI is InChI=1S/C14H16N2O3/c1-9(17)14(19)15-8-10-3-5-12-11(7-10)4-6-13(18)16(12)2/h3,5,7H,4,6,8H2,1-2H3,(H,15,19). The molecule has 0 aliphatic carbocycles. The van der Waals surface area contributed by atoms with Crippen LogP contribution in [0.4, 0.5) is 5.69 Å². The van der Waals surface area contributed by atoms with Crippen LogP contribution in [-0.4, -0.2) is 24.6 Å². The van der Waals surface area contributed by atoms with Crippen LogP contribution >= 0.6 is 0 Å². The molecule has 1 aromatic rings. The van der Waals surface area contributed by atoms with Crippen LogP contribution in [0.5, 0.6) is 0 Å². The van der Waals surface area contributed by atoms with Crippen molar-refractivity contribution in [2.75, 3.05) is 11.9 Å². The third kappa shape index (κ3) is 2.81. The Balaban J connectivity index is 2.12. The predicted molar refractivity (Wildman–Crippen MR) is 70.7 cm³/mol. The number of anilines is 1. The average Bonchev–Trinajstić information content (AvgIpc) is 2.40. The van der Waals surface area contributed by atoms with Crippen LogP contribution in [0.15, 0.2) is 18.2 Å². The van der Waals surface area contributed by atoms with Crippen LogP contribution in [0.25, 0.3) is 0 Å². The molecule has 5 heteroatoms. The van der Waals surface area contributed by atoms with Crippen LogP contribution < -0.4 is 10.2 Å². The van der Waals surface area contributed by atoms with Crippen LogP contribution in [0.3, 0.4) is 0 Å². The van der Waals surface area contributed by atoms with Crippen molar-refractivity contribution in [2.45, 2.75) is 26.3 Å². The zero-order valence-corrected chi connectivity index (χ0v) is 11.0. The summed E-state index contributed by atoms with van der Waals surface area (Å²) in [6, 6.07) is 5.70. The zero-order valence-electron chi connectivity index (χ0n) is 11.0. The molecule has 1 heterocycles. The number of hydrogen-bond acceptors (Lipinski definition) is 3. The Kier molecular flexibility index (Phi) is 3.64. The lowest BCUT2D eigenvalue weighted by Gasteiger charge is -2.26. The van der Waals surface area contributed by atoms with Gasteiger partial charge in [0.2, 0.25) is 11.7 Å². The minimum Gasteiger partial charge on any atom is -0.345 e. The van der Waals surface area contributed by atoms with E-state index in [1.165, 1.54) is 6.92 Å². The number of fused-ring (bicyclic) bond motifs is 1. The van der Waals surface area contributed by atoms with Crippen molar-refractivity contribution in [3.63, 3.8) is 0 Å². The number of Topliss-reactive ketones (excluding diaryl/α,β-unsaturated/α-hetero) is 1. The first kappa shape index (κ1) is 13.3. The highest BCUT2D eigenvalue weighted by molar-refractivity contribution is 6.35. The number of amides is 2. The maximum Gasteiger partial charge on any atom is 0.287 e. The third-order valence-corrected chi connectivity index (χ3v) is 3.26. The Labute approximate surface area is 111 Å². The number of ketones is 1. The van der Waals surface area contributed by atoms with E-state index in [-0.39, 0.29) is 5.91 Å². The van der Waals surface area contributed by atoms with Gasteiger partial charge in [-0.3, -0.25) is 14.4 Å². The Bertz CT molecular complexity index is 552. The number of carbonyl (C=O) groups excluding carboxylic acids is 3. The smallest absolute Gasteiger partial charge is 0.287 e. The summed E-state index contributed by atoms with van der Waals surface area (Å²) in [4.78, 5) is 35.2. The highest BCUT2D eigenvalue weighted by Gasteiger charge is 2.20. The summed E-state index contributed by atoms with van der Waals surface area (Å²) in [5, 5.41) is 2.56. The molecule has 0 bridgehead atoms. The maximum absolute atomic E-state index is 11.6. The number of aryl methyl sites for hydroxylation is 1. The third-order valence-electron chi connectivity index (χ3n) is 3.26. The number of nitrogens with one attached hydrogen (secondary N) is 1. The molecule has 0 aromatic heterocycles. The Morgan fingerprint density at radius 1 is 1.32 bits per heavy atom. The molecule has 0 atom stereocenters. The molecule has 0 unspecified atom stereocenters. The number of benzene rings is 1. The van der Waals surface area contributed by atoms with Gasteiger partial charge in [-0.05, 0) is 23.6 Å². The number of rotatable bonds is 3. The molecule has 0 radical (unpaired) electrons. The van der Waals surface area contributed by atoms with Gasteiger partial charge in [0.1, 0.15) is 0 Å². The normalized spacial score (nSPS) is 14.0. The summed E-state index contributed by atoms with van der Waals surface area (Å²) in [6.07, 6.45) is 1.22. The summed E-state index contributed by atoms with van der Waals surface area (Å²) < 4.78 is 0. The maximum atomic E-state index is 11.6. The molecule has 1 aromatic carbocycles. The molecular weight excluding hydrogens is 244 g/mol. The van der Waals surface area contributed by atoms with Gasteiger partial charge in [-0.2, -0.15) is 0 Å². The molecule has 0 saturated heterocycles. The molecule has 1 N–H and O–H groups in total. The van der Waals surface area contributed by atoms with Crippen molar-refractivity contribution in [1.29, 1.82) is 0 Å². The van der Waals surface area contributed by atoms with E-state index < -0.39 is 11.7 Å². The van der Waals surface area contributed by atoms with Crippen LogP contribution in [0.2, 0.25) is 0 Å². The molecule has 0 spiro atoms. The van der Waals surface area contributed by atoms with Crippen molar-refractivity contribution >= 4 is 23.3 Å². The second-order valence-corrected chi connectivity index (χ2v) is 4.65. The lowest BCUT2D eigenvalue weighted by molar-refractivity contribution is -0.136. The molecule has 5 nitrogen and oxygen atoms in total. The minimum absolute atomic E-state index is 0.116. The van der Waals surface area contributed by atoms with E-state index in [2.05, 4.69) is 5.32 Å². The zero-order chi connectivity index (χ0) is 14.0. The monoisotopic (exact) mass is 260 g/mol. The van der Waals surface area contributed by atoms with E-state index in [4.69, 9.17) is 0 Å². The van der Waals surface area contributed by atoms with Crippen LogP contribution in [0.1, 0.15) is 24.5 Å². The van der Waals surface area contributed by atoms with Gasteiger partial charge in [-0.25, -0.2) is 0 Å². The van der Waals surface area contributed by atoms with E-state index in [1.54, 1.807) is 11.9 Å². The quantitative estimate of drug-likeness (QED) is 0.817. The Hall–Kier alpha value is -2.17. The van der Waals surface area contributed by atoms with Crippen molar-refractivity contribution in [1.82, 2.24) is 5.32 Å². The summed E-state index contributed by atoms with van der Waals surface area (Å²) in [7, 11) is 1.76. The van der Waals surface area contributed by atoms with Crippen molar-refractivity contribution in [3.8, 4) is 0 Å². The second-order valence-electron chi connectivity index (χ2n) is 4.65. The lowest BCUT2D eigenvalue weighted by Crippen LogP contribution is -2.31. The second kappa shape index (κ2) is 5.22. The summed E-state index contributed by atoms with van der Waals surface area (Å²) >= 11 is 0. The molecule has 2 amide bonds. The van der Waals surface area contributed by atoms with E-state index in [9.17, 15) is 14.4 Å². The molecule has 0 saturated carbocycles. The first-order chi connectivity index (χ1) is 8.99.